The predicted molar refractivity (Wildman–Crippen MR) is 146 cm³/mol. The minimum atomic E-state index is -1.23. The van der Waals surface area contributed by atoms with E-state index in [0.717, 1.165) is 0 Å². The Morgan fingerprint density at radius 3 is 2.46 bits per heavy atom. The van der Waals surface area contributed by atoms with Crippen LogP contribution >= 0.6 is 0 Å². The van der Waals surface area contributed by atoms with Crippen molar-refractivity contribution in [1.82, 2.24) is 4.90 Å². The van der Waals surface area contributed by atoms with Crippen LogP contribution in [0.15, 0.2) is 49.6 Å². The van der Waals surface area contributed by atoms with Crippen molar-refractivity contribution in [2.75, 3.05) is 31.8 Å². The molecule has 9 heteroatoms. The average Bonchev–Trinajstić information content (AvgIpc) is 3.54. The maximum absolute atomic E-state index is 14.6. The van der Waals surface area contributed by atoms with Crippen molar-refractivity contribution < 1.29 is 33.7 Å². The number of carbonyl (C=O) groups excluding carboxylic acids is 3. The number of fused-ring (bicyclic) bond motifs is 1. The van der Waals surface area contributed by atoms with Crippen molar-refractivity contribution >= 4 is 23.5 Å². The fraction of sp³-hybridized carbons (Fsp3) is 0.567. The van der Waals surface area contributed by atoms with Crippen LogP contribution < -0.4 is 9.64 Å². The lowest BCUT2D eigenvalue weighted by Gasteiger charge is -2.40. The van der Waals surface area contributed by atoms with Gasteiger partial charge in [-0.25, -0.2) is 0 Å². The van der Waals surface area contributed by atoms with Gasteiger partial charge in [-0.05, 0) is 49.4 Å². The fourth-order valence-electron chi connectivity index (χ4n) is 6.86. The Bertz CT molecular complexity index is 1120. The van der Waals surface area contributed by atoms with Gasteiger partial charge >= 0.3 is 5.97 Å². The number of amides is 2. The third-order valence-corrected chi connectivity index (χ3v) is 8.73. The highest BCUT2D eigenvalue weighted by molar-refractivity contribution is 6.05. The molecule has 6 atom stereocenters. The zero-order valence-corrected chi connectivity index (χ0v) is 23.3. The van der Waals surface area contributed by atoms with Crippen molar-refractivity contribution in [1.29, 1.82) is 0 Å². The number of hydrogen-bond acceptors (Lipinski definition) is 7. The summed E-state index contributed by atoms with van der Waals surface area (Å²) in [6.45, 7) is 13.1. The number of anilines is 1. The molecule has 0 aromatic heterocycles. The van der Waals surface area contributed by atoms with Gasteiger partial charge in [0, 0.05) is 12.2 Å². The van der Waals surface area contributed by atoms with Crippen LogP contribution in [0.5, 0.6) is 5.75 Å². The van der Waals surface area contributed by atoms with E-state index in [2.05, 4.69) is 13.2 Å². The summed E-state index contributed by atoms with van der Waals surface area (Å²) >= 11 is 0. The Labute approximate surface area is 230 Å². The Kier molecular flexibility index (Phi) is 8.23. The molecule has 3 aliphatic rings. The molecule has 9 nitrogen and oxygen atoms in total. The SMILES string of the molecule is C=CCOC(=O)[C@H]1[C@H]2C(=O)N([C@@H](CO)C(C)C)C(C(=O)N(CC=C)c3ccc(OC)cc3)C23CC[C@]1(CC)O3. The van der Waals surface area contributed by atoms with Gasteiger partial charge in [0.1, 0.15) is 29.9 Å². The second-order valence-electron chi connectivity index (χ2n) is 10.9. The topological polar surface area (TPSA) is 106 Å². The minimum Gasteiger partial charge on any atom is -0.497 e. The molecule has 2 unspecified atom stereocenters. The molecule has 3 fully saturated rings. The Balaban J connectivity index is 1.85. The molecule has 1 N–H and O–H groups in total. The number of ether oxygens (including phenoxy) is 3. The number of hydrogen-bond donors (Lipinski definition) is 1. The van der Waals surface area contributed by atoms with Crippen LogP contribution in [0.2, 0.25) is 0 Å². The molecule has 1 aromatic carbocycles. The standard InChI is InChI=1S/C30H40N2O7/c1-7-16-31(20-10-12-21(37-6)13-11-20)27(35)25-30-15-14-29(9-3,39-30)24(28(36)38-17-8-2)23(30)26(34)32(25)22(18-33)19(4)5/h7-8,10-13,19,22-25,33H,1-2,9,14-18H2,3-6H3/t22-,23-,24+,25?,29-,30?/m0/s1. The van der Waals surface area contributed by atoms with Crippen molar-refractivity contribution in [2.45, 2.75) is 63.3 Å². The molecular formula is C30H40N2O7. The number of aliphatic hydroxyl groups excluding tert-OH is 1. The molecular weight excluding hydrogens is 500 g/mol. The second-order valence-corrected chi connectivity index (χ2v) is 10.9. The van der Waals surface area contributed by atoms with Gasteiger partial charge in [-0.2, -0.15) is 0 Å². The van der Waals surface area contributed by atoms with E-state index in [1.807, 2.05) is 20.8 Å². The summed E-state index contributed by atoms with van der Waals surface area (Å²) in [5.41, 5.74) is -1.52. The predicted octanol–water partition coefficient (Wildman–Crippen LogP) is 3.12. The Hall–Kier alpha value is -3.17. The maximum Gasteiger partial charge on any atom is 0.313 e. The fourth-order valence-corrected chi connectivity index (χ4v) is 6.86. The van der Waals surface area contributed by atoms with Crippen molar-refractivity contribution in [3.05, 3.63) is 49.6 Å². The van der Waals surface area contributed by atoms with E-state index in [4.69, 9.17) is 14.2 Å². The molecule has 4 rings (SSSR count). The average molecular weight is 541 g/mol. The minimum absolute atomic E-state index is 0.0188. The largest absolute Gasteiger partial charge is 0.497 e. The summed E-state index contributed by atoms with van der Waals surface area (Å²) < 4.78 is 17.5. The van der Waals surface area contributed by atoms with E-state index in [1.54, 1.807) is 42.4 Å². The molecule has 0 radical (unpaired) electrons. The number of nitrogens with zero attached hydrogens (tertiary/aromatic N) is 2. The van der Waals surface area contributed by atoms with Crippen LogP contribution in [-0.2, 0) is 23.9 Å². The van der Waals surface area contributed by atoms with E-state index >= 15 is 0 Å². The first kappa shape index (κ1) is 28.8. The van der Waals surface area contributed by atoms with Crippen molar-refractivity contribution in [2.24, 2.45) is 17.8 Å². The van der Waals surface area contributed by atoms with E-state index in [9.17, 15) is 19.5 Å². The lowest BCUT2D eigenvalue weighted by molar-refractivity contribution is -0.161. The Morgan fingerprint density at radius 2 is 1.92 bits per heavy atom. The van der Waals surface area contributed by atoms with Crippen LogP contribution in [0.4, 0.5) is 5.69 Å². The Morgan fingerprint density at radius 1 is 1.23 bits per heavy atom. The highest BCUT2D eigenvalue weighted by Gasteiger charge is 2.79. The van der Waals surface area contributed by atoms with Gasteiger partial charge in [-0.3, -0.25) is 14.4 Å². The van der Waals surface area contributed by atoms with E-state index in [-0.39, 0.29) is 37.5 Å². The van der Waals surface area contributed by atoms with Crippen LogP contribution in [0.1, 0.15) is 40.0 Å². The van der Waals surface area contributed by atoms with Gasteiger partial charge in [-0.1, -0.05) is 39.5 Å². The number of methoxy groups -OCH3 is 1. The molecule has 39 heavy (non-hydrogen) atoms. The summed E-state index contributed by atoms with van der Waals surface area (Å²) in [7, 11) is 1.57. The molecule has 1 aromatic rings. The molecule has 1 spiro atoms. The number of likely N-dealkylation sites (tertiary alicyclic amines) is 1. The number of carbonyl (C=O) groups is 3. The highest BCUT2D eigenvalue weighted by Crippen LogP contribution is 2.65. The summed E-state index contributed by atoms with van der Waals surface area (Å²) in [6, 6.07) is 5.39. The third kappa shape index (κ3) is 4.45. The monoisotopic (exact) mass is 540 g/mol. The van der Waals surface area contributed by atoms with Crippen LogP contribution in [0, 0.1) is 17.8 Å². The number of esters is 1. The molecule has 3 heterocycles. The summed E-state index contributed by atoms with van der Waals surface area (Å²) in [5.74, 6) is -2.48. The lowest BCUT2D eigenvalue weighted by Crippen LogP contribution is -2.60. The van der Waals surface area contributed by atoms with E-state index in [1.165, 1.54) is 11.0 Å². The van der Waals surface area contributed by atoms with Crippen LogP contribution in [0.3, 0.4) is 0 Å². The number of benzene rings is 1. The zero-order chi connectivity index (χ0) is 28.5. The van der Waals surface area contributed by atoms with Crippen molar-refractivity contribution in [3.8, 4) is 5.75 Å². The van der Waals surface area contributed by atoms with Crippen LogP contribution in [0.25, 0.3) is 0 Å². The first-order chi connectivity index (χ1) is 18.7. The second kappa shape index (κ2) is 11.1. The third-order valence-electron chi connectivity index (χ3n) is 8.73. The lowest BCUT2D eigenvalue weighted by atomic mass is 9.65. The molecule has 2 amide bonds. The first-order valence-corrected chi connectivity index (χ1v) is 13.6. The smallest absolute Gasteiger partial charge is 0.313 e. The van der Waals surface area contributed by atoms with Gasteiger partial charge in [-0.15, -0.1) is 6.58 Å². The number of rotatable bonds is 12. The first-order valence-electron chi connectivity index (χ1n) is 13.6. The summed E-state index contributed by atoms with van der Waals surface area (Å²) in [4.78, 5) is 45.5. The normalized spacial score (nSPS) is 29.7. The summed E-state index contributed by atoms with van der Waals surface area (Å²) in [6.07, 6.45) is 4.57. The van der Waals surface area contributed by atoms with Gasteiger partial charge in [0.15, 0.2) is 0 Å². The van der Waals surface area contributed by atoms with Crippen molar-refractivity contribution in [3.63, 3.8) is 0 Å². The van der Waals surface area contributed by atoms with Gasteiger partial charge in [0.25, 0.3) is 5.91 Å². The quantitative estimate of drug-likeness (QED) is 0.321. The van der Waals surface area contributed by atoms with Gasteiger partial charge in [0.05, 0.1) is 31.3 Å². The maximum atomic E-state index is 14.6. The van der Waals surface area contributed by atoms with E-state index in [0.29, 0.717) is 30.7 Å². The molecule has 212 valence electrons. The van der Waals surface area contributed by atoms with Gasteiger partial charge < -0.3 is 29.1 Å². The number of aliphatic hydroxyl groups is 1. The molecule has 3 aliphatic heterocycles. The summed E-state index contributed by atoms with van der Waals surface area (Å²) in [5, 5.41) is 10.4. The van der Waals surface area contributed by atoms with E-state index < -0.39 is 41.1 Å². The van der Waals surface area contributed by atoms with Gasteiger partial charge in [0.2, 0.25) is 5.91 Å². The molecule has 3 saturated heterocycles. The van der Waals surface area contributed by atoms with Crippen LogP contribution in [-0.4, -0.2) is 77.9 Å². The molecule has 0 aliphatic carbocycles. The zero-order valence-electron chi connectivity index (χ0n) is 23.3. The molecule has 0 saturated carbocycles. The highest BCUT2D eigenvalue weighted by atomic mass is 16.6. The molecule has 2 bridgehead atoms.